The van der Waals surface area contributed by atoms with Crippen LogP contribution in [-0.2, 0) is 4.79 Å². The Morgan fingerprint density at radius 3 is 2.89 bits per heavy atom. The van der Waals surface area contributed by atoms with Crippen LogP contribution >= 0.6 is 11.6 Å². The van der Waals surface area contributed by atoms with Gasteiger partial charge in [-0.15, -0.1) is 5.10 Å². The summed E-state index contributed by atoms with van der Waals surface area (Å²) in [6.07, 6.45) is 0. The van der Waals surface area contributed by atoms with Crippen molar-refractivity contribution >= 4 is 17.6 Å². The number of nitrogens with zero attached hydrogens (tertiary/aromatic N) is 4. The van der Waals surface area contributed by atoms with Crippen molar-refractivity contribution in [2.45, 2.75) is 19.9 Å². The second-order valence-corrected chi connectivity index (χ2v) is 4.28. The lowest BCUT2D eigenvalue weighted by Gasteiger charge is -2.10. The van der Waals surface area contributed by atoms with E-state index in [0.717, 1.165) is 11.1 Å². The maximum Gasteiger partial charge on any atom is 0.328 e. The molecule has 0 amide bonds. The lowest BCUT2D eigenvalue weighted by atomic mass is 10.1. The van der Waals surface area contributed by atoms with Crippen molar-refractivity contribution in [3.05, 3.63) is 28.8 Å². The first kappa shape index (κ1) is 12.5. The van der Waals surface area contributed by atoms with E-state index in [1.165, 1.54) is 11.6 Å². The van der Waals surface area contributed by atoms with E-state index in [9.17, 15) is 4.79 Å². The summed E-state index contributed by atoms with van der Waals surface area (Å²) >= 11 is 6.03. The number of rotatable bonds is 3. The molecule has 0 bridgehead atoms. The molecule has 1 aromatic heterocycles. The third-order valence-corrected chi connectivity index (χ3v) is 3.14. The molecule has 0 aliphatic carbocycles. The molecule has 0 fully saturated rings. The number of tetrazole rings is 1. The van der Waals surface area contributed by atoms with Crippen LogP contribution in [0, 0.1) is 6.92 Å². The summed E-state index contributed by atoms with van der Waals surface area (Å²) in [4.78, 5) is 11.0. The zero-order chi connectivity index (χ0) is 13.3. The molecule has 1 unspecified atom stereocenters. The van der Waals surface area contributed by atoms with Gasteiger partial charge in [0.25, 0.3) is 0 Å². The number of aromatic nitrogens is 4. The fourth-order valence-corrected chi connectivity index (χ4v) is 1.76. The van der Waals surface area contributed by atoms with Gasteiger partial charge in [-0.25, -0.2) is 9.48 Å². The minimum absolute atomic E-state index is 0.393. The van der Waals surface area contributed by atoms with Crippen molar-refractivity contribution in [2.75, 3.05) is 0 Å². The fraction of sp³-hybridized carbons (Fsp3) is 0.273. The van der Waals surface area contributed by atoms with Gasteiger partial charge in [-0.05, 0) is 35.9 Å². The summed E-state index contributed by atoms with van der Waals surface area (Å²) in [5.41, 5.74) is 1.54. The van der Waals surface area contributed by atoms with Crippen molar-refractivity contribution in [3.63, 3.8) is 0 Å². The number of carboxylic acid groups (broad SMARTS) is 1. The summed E-state index contributed by atoms with van der Waals surface area (Å²) < 4.78 is 1.26. The van der Waals surface area contributed by atoms with Crippen LogP contribution in [0.4, 0.5) is 0 Å². The highest BCUT2D eigenvalue weighted by molar-refractivity contribution is 6.31. The molecule has 18 heavy (non-hydrogen) atoms. The van der Waals surface area contributed by atoms with Gasteiger partial charge in [-0.1, -0.05) is 23.7 Å². The molecule has 1 N–H and O–H groups in total. The predicted molar refractivity (Wildman–Crippen MR) is 65.3 cm³/mol. The number of hydrogen-bond donors (Lipinski definition) is 1. The Balaban J connectivity index is 2.56. The monoisotopic (exact) mass is 266 g/mol. The summed E-state index contributed by atoms with van der Waals surface area (Å²) in [6.45, 7) is 3.35. The molecule has 0 radical (unpaired) electrons. The van der Waals surface area contributed by atoms with Crippen LogP contribution in [0.3, 0.4) is 0 Å². The maximum absolute atomic E-state index is 11.0. The first-order valence-electron chi connectivity index (χ1n) is 5.28. The Morgan fingerprint density at radius 1 is 1.50 bits per heavy atom. The first-order valence-corrected chi connectivity index (χ1v) is 5.66. The number of carboxylic acids is 1. The van der Waals surface area contributed by atoms with E-state index in [1.54, 1.807) is 18.2 Å². The van der Waals surface area contributed by atoms with Crippen LogP contribution in [0.1, 0.15) is 18.5 Å². The molecule has 2 rings (SSSR count). The van der Waals surface area contributed by atoms with Gasteiger partial charge in [-0.2, -0.15) is 0 Å². The molecular formula is C11H11ClN4O2. The van der Waals surface area contributed by atoms with Gasteiger partial charge in [0.15, 0.2) is 11.9 Å². The quantitative estimate of drug-likeness (QED) is 0.918. The van der Waals surface area contributed by atoms with Crippen LogP contribution in [-0.4, -0.2) is 31.3 Å². The van der Waals surface area contributed by atoms with Gasteiger partial charge in [0, 0.05) is 10.6 Å². The van der Waals surface area contributed by atoms with E-state index >= 15 is 0 Å². The van der Waals surface area contributed by atoms with E-state index in [4.69, 9.17) is 16.7 Å². The lowest BCUT2D eigenvalue weighted by Crippen LogP contribution is -2.18. The molecule has 0 aliphatic heterocycles. The SMILES string of the molecule is Cc1c(Cl)cccc1-c1nnnn1C(C)C(=O)O. The van der Waals surface area contributed by atoms with Crippen LogP contribution < -0.4 is 0 Å². The molecule has 0 saturated carbocycles. The van der Waals surface area contributed by atoms with Crippen LogP contribution in [0.2, 0.25) is 5.02 Å². The molecule has 1 aromatic carbocycles. The molecule has 94 valence electrons. The highest BCUT2D eigenvalue weighted by Gasteiger charge is 2.21. The van der Waals surface area contributed by atoms with Crippen molar-refractivity contribution in [1.82, 2.24) is 20.2 Å². The average Bonchev–Trinajstić information content (AvgIpc) is 2.80. The number of aliphatic carboxylic acids is 1. The van der Waals surface area contributed by atoms with Gasteiger partial charge >= 0.3 is 5.97 Å². The molecule has 0 saturated heterocycles. The summed E-state index contributed by atoms with van der Waals surface area (Å²) in [5, 5.41) is 20.7. The van der Waals surface area contributed by atoms with Gasteiger partial charge in [0.2, 0.25) is 0 Å². The first-order chi connectivity index (χ1) is 8.52. The smallest absolute Gasteiger partial charge is 0.328 e. The number of halogens is 1. The highest BCUT2D eigenvalue weighted by atomic mass is 35.5. The number of hydrogen-bond acceptors (Lipinski definition) is 4. The fourth-order valence-electron chi connectivity index (χ4n) is 1.59. The van der Waals surface area contributed by atoms with E-state index in [0.29, 0.717) is 10.8 Å². The largest absolute Gasteiger partial charge is 0.480 e. The molecule has 1 atom stereocenters. The van der Waals surface area contributed by atoms with Gasteiger partial charge in [-0.3, -0.25) is 0 Å². The van der Waals surface area contributed by atoms with Crippen molar-refractivity contribution in [1.29, 1.82) is 0 Å². The lowest BCUT2D eigenvalue weighted by molar-refractivity contribution is -0.140. The maximum atomic E-state index is 11.0. The summed E-state index contributed by atoms with van der Waals surface area (Å²) in [7, 11) is 0. The van der Waals surface area contributed by atoms with E-state index in [-0.39, 0.29) is 0 Å². The molecule has 0 aliphatic rings. The minimum Gasteiger partial charge on any atom is -0.480 e. The van der Waals surface area contributed by atoms with Gasteiger partial charge in [0.05, 0.1) is 0 Å². The van der Waals surface area contributed by atoms with Gasteiger partial charge in [0.1, 0.15) is 0 Å². The molecule has 2 aromatic rings. The van der Waals surface area contributed by atoms with Crippen LogP contribution in [0.5, 0.6) is 0 Å². The topological polar surface area (TPSA) is 80.9 Å². The van der Waals surface area contributed by atoms with Crippen LogP contribution in [0.15, 0.2) is 18.2 Å². The second-order valence-electron chi connectivity index (χ2n) is 3.87. The van der Waals surface area contributed by atoms with Crippen molar-refractivity contribution in [2.24, 2.45) is 0 Å². The third-order valence-electron chi connectivity index (χ3n) is 2.73. The number of carbonyl (C=O) groups is 1. The van der Waals surface area contributed by atoms with E-state index in [2.05, 4.69) is 15.5 Å². The Kier molecular flexibility index (Phi) is 3.29. The second kappa shape index (κ2) is 4.73. The third kappa shape index (κ3) is 2.06. The Bertz CT molecular complexity index is 596. The average molecular weight is 267 g/mol. The van der Waals surface area contributed by atoms with E-state index in [1.807, 2.05) is 6.92 Å². The zero-order valence-electron chi connectivity index (χ0n) is 9.83. The zero-order valence-corrected chi connectivity index (χ0v) is 10.6. The Morgan fingerprint density at radius 2 is 2.22 bits per heavy atom. The van der Waals surface area contributed by atoms with Crippen LogP contribution in [0.25, 0.3) is 11.4 Å². The minimum atomic E-state index is -0.997. The Labute approximate surface area is 108 Å². The van der Waals surface area contributed by atoms with E-state index < -0.39 is 12.0 Å². The molecule has 0 spiro atoms. The summed E-state index contributed by atoms with van der Waals surface area (Å²) in [6, 6.07) is 4.50. The Hall–Kier alpha value is -1.95. The normalized spacial score (nSPS) is 12.4. The summed E-state index contributed by atoms with van der Waals surface area (Å²) in [5.74, 6) is -0.604. The molecule has 1 heterocycles. The molecule has 6 nitrogen and oxygen atoms in total. The highest BCUT2D eigenvalue weighted by Crippen LogP contribution is 2.27. The molecular weight excluding hydrogens is 256 g/mol. The standard InChI is InChI=1S/C11H11ClN4O2/c1-6-8(4-3-5-9(6)12)10-13-14-15-16(10)7(2)11(17)18/h3-5,7H,1-2H3,(H,17,18). The predicted octanol–water partition coefficient (Wildman–Crippen LogP) is 1.95. The van der Waals surface area contributed by atoms with Crippen molar-refractivity contribution < 1.29 is 9.90 Å². The van der Waals surface area contributed by atoms with Crippen molar-refractivity contribution in [3.8, 4) is 11.4 Å². The number of benzene rings is 1. The van der Waals surface area contributed by atoms with Gasteiger partial charge < -0.3 is 5.11 Å². The molecule has 7 heteroatoms.